The third kappa shape index (κ3) is 3.97. The number of ether oxygens (including phenoxy) is 1. The number of methoxy groups -OCH3 is 1. The summed E-state index contributed by atoms with van der Waals surface area (Å²) in [5, 5.41) is 9.01. The van der Waals surface area contributed by atoms with Crippen molar-refractivity contribution >= 4 is 17.7 Å². The molecule has 0 unspecified atom stereocenters. The second-order valence-electron chi connectivity index (χ2n) is 4.44. The van der Waals surface area contributed by atoms with E-state index in [1.54, 1.807) is 32.7 Å². The van der Waals surface area contributed by atoms with Crippen molar-refractivity contribution in [3.63, 3.8) is 0 Å². The number of carboxylic acid groups (broad SMARTS) is 1. The fraction of sp³-hybridized carbons (Fsp3) is 0.462. The van der Waals surface area contributed by atoms with Crippen molar-refractivity contribution in [1.82, 2.24) is 0 Å². The van der Waals surface area contributed by atoms with Gasteiger partial charge in [0.2, 0.25) is 0 Å². The van der Waals surface area contributed by atoms with E-state index in [0.29, 0.717) is 6.42 Å². The molecule has 4 heteroatoms. The molecule has 3 nitrogen and oxygen atoms in total. The maximum atomic E-state index is 11.0. The minimum Gasteiger partial charge on any atom is -0.496 e. The Balaban J connectivity index is 2.54. The molecule has 0 atom stereocenters. The Morgan fingerprint density at radius 1 is 1.41 bits per heavy atom. The number of carbonyl (C=O) groups is 1. The highest BCUT2D eigenvalue weighted by Gasteiger charge is 2.26. The van der Waals surface area contributed by atoms with Crippen molar-refractivity contribution < 1.29 is 14.6 Å². The molecular weight excluding hydrogens is 236 g/mol. The highest BCUT2D eigenvalue weighted by Crippen LogP contribution is 2.32. The van der Waals surface area contributed by atoms with Gasteiger partial charge in [0, 0.05) is 4.90 Å². The van der Waals surface area contributed by atoms with Gasteiger partial charge in [0.05, 0.1) is 12.5 Å². The first kappa shape index (κ1) is 13.9. The smallest absolute Gasteiger partial charge is 0.309 e. The average molecular weight is 254 g/mol. The fourth-order valence-corrected chi connectivity index (χ4v) is 2.56. The monoisotopic (exact) mass is 254 g/mol. The largest absolute Gasteiger partial charge is 0.496 e. The number of para-hydroxylation sites is 1. The van der Waals surface area contributed by atoms with Gasteiger partial charge in [0.15, 0.2) is 0 Å². The summed E-state index contributed by atoms with van der Waals surface area (Å²) in [6.07, 6.45) is 0.630. The van der Waals surface area contributed by atoms with Gasteiger partial charge in [-0.05, 0) is 38.2 Å². The van der Waals surface area contributed by atoms with Crippen molar-refractivity contribution in [1.29, 1.82) is 0 Å². The Morgan fingerprint density at radius 3 is 2.65 bits per heavy atom. The highest BCUT2D eigenvalue weighted by molar-refractivity contribution is 7.99. The summed E-state index contributed by atoms with van der Waals surface area (Å²) in [6.45, 7) is 3.50. The zero-order chi connectivity index (χ0) is 12.9. The van der Waals surface area contributed by atoms with Crippen LogP contribution in [-0.4, -0.2) is 23.9 Å². The van der Waals surface area contributed by atoms with Gasteiger partial charge in [-0.15, -0.1) is 11.8 Å². The van der Waals surface area contributed by atoms with E-state index in [0.717, 1.165) is 16.4 Å². The Hall–Kier alpha value is -1.16. The first-order chi connectivity index (χ1) is 7.97. The van der Waals surface area contributed by atoms with Crippen LogP contribution in [0.15, 0.2) is 29.2 Å². The lowest BCUT2D eigenvalue weighted by Crippen LogP contribution is -2.24. The molecule has 0 saturated heterocycles. The molecule has 0 heterocycles. The van der Waals surface area contributed by atoms with E-state index in [1.165, 1.54) is 0 Å². The number of rotatable bonds is 6. The maximum Gasteiger partial charge on any atom is 0.309 e. The van der Waals surface area contributed by atoms with Crippen LogP contribution in [0.2, 0.25) is 0 Å². The van der Waals surface area contributed by atoms with Crippen molar-refractivity contribution in [3.8, 4) is 5.75 Å². The van der Waals surface area contributed by atoms with Crippen molar-refractivity contribution in [2.75, 3.05) is 12.9 Å². The van der Waals surface area contributed by atoms with Gasteiger partial charge in [0.1, 0.15) is 5.75 Å². The number of aliphatic carboxylic acids is 1. The number of benzene rings is 1. The van der Waals surface area contributed by atoms with Crippen LogP contribution in [0, 0.1) is 5.41 Å². The standard InChI is InChI=1S/C13H18O3S/c1-13(2,12(14)15)8-9-17-11-7-5-4-6-10(11)16-3/h4-7H,8-9H2,1-3H3,(H,14,15). The zero-order valence-electron chi connectivity index (χ0n) is 10.4. The minimum absolute atomic E-state index is 0.630. The highest BCUT2D eigenvalue weighted by atomic mass is 32.2. The molecule has 1 N–H and O–H groups in total. The van der Waals surface area contributed by atoms with E-state index in [9.17, 15) is 4.79 Å². The second-order valence-corrected chi connectivity index (χ2v) is 5.58. The van der Waals surface area contributed by atoms with Crippen LogP contribution >= 0.6 is 11.8 Å². The molecule has 94 valence electrons. The number of hydrogen-bond donors (Lipinski definition) is 1. The summed E-state index contributed by atoms with van der Waals surface area (Å²) >= 11 is 1.63. The molecule has 0 fully saturated rings. The van der Waals surface area contributed by atoms with Crippen LogP contribution < -0.4 is 4.74 Å². The number of carboxylic acids is 1. The lowest BCUT2D eigenvalue weighted by Gasteiger charge is -2.18. The van der Waals surface area contributed by atoms with E-state index >= 15 is 0 Å². The molecule has 0 amide bonds. The minimum atomic E-state index is -0.752. The summed E-state index contributed by atoms with van der Waals surface area (Å²) in [6, 6.07) is 7.76. The normalized spacial score (nSPS) is 11.2. The Kier molecular flexibility index (Phi) is 4.87. The van der Waals surface area contributed by atoms with Gasteiger partial charge >= 0.3 is 5.97 Å². The van der Waals surface area contributed by atoms with Gasteiger partial charge in [-0.1, -0.05) is 12.1 Å². The number of hydrogen-bond acceptors (Lipinski definition) is 3. The summed E-state index contributed by atoms with van der Waals surface area (Å²) in [5.41, 5.74) is -0.672. The van der Waals surface area contributed by atoms with E-state index in [4.69, 9.17) is 9.84 Å². The fourth-order valence-electron chi connectivity index (χ4n) is 1.26. The SMILES string of the molecule is COc1ccccc1SCCC(C)(C)C(=O)O. The van der Waals surface area contributed by atoms with Gasteiger partial charge in [0.25, 0.3) is 0 Å². The van der Waals surface area contributed by atoms with Crippen LogP contribution in [0.25, 0.3) is 0 Å². The Morgan fingerprint density at radius 2 is 2.06 bits per heavy atom. The third-order valence-corrected chi connectivity index (χ3v) is 3.69. The number of thioether (sulfide) groups is 1. The summed E-state index contributed by atoms with van der Waals surface area (Å²) in [4.78, 5) is 12.0. The Labute approximate surface area is 106 Å². The summed E-state index contributed by atoms with van der Waals surface area (Å²) in [5.74, 6) is 0.850. The van der Waals surface area contributed by atoms with Gasteiger partial charge in [-0.3, -0.25) is 4.79 Å². The summed E-state index contributed by atoms with van der Waals surface area (Å²) < 4.78 is 5.24. The quantitative estimate of drug-likeness (QED) is 0.791. The van der Waals surface area contributed by atoms with Gasteiger partial charge in [-0.2, -0.15) is 0 Å². The molecule has 17 heavy (non-hydrogen) atoms. The molecule has 0 saturated carbocycles. The predicted octanol–water partition coefficient (Wildman–Crippen LogP) is 3.29. The molecule has 0 aliphatic rings. The lowest BCUT2D eigenvalue weighted by molar-refractivity contribution is -0.146. The van der Waals surface area contributed by atoms with Crippen LogP contribution in [0.5, 0.6) is 5.75 Å². The van der Waals surface area contributed by atoms with Crippen LogP contribution in [0.4, 0.5) is 0 Å². The Bertz CT molecular complexity index is 388. The van der Waals surface area contributed by atoms with Gasteiger partial charge < -0.3 is 9.84 Å². The zero-order valence-corrected chi connectivity index (χ0v) is 11.2. The lowest BCUT2D eigenvalue weighted by atomic mass is 9.91. The first-order valence-electron chi connectivity index (χ1n) is 5.46. The topological polar surface area (TPSA) is 46.5 Å². The third-order valence-electron chi connectivity index (χ3n) is 2.63. The molecule has 0 bridgehead atoms. The summed E-state index contributed by atoms with van der Waals surface area (Å²) in [7, 11) is 1.64. The molecule has 1 aromatic carbocycles. The molecular formula is C13H18O3S. The molecule has 0 aliphatic carbocycles. The average Bonchev–Trinajstić information content (AvgIpc) is 2.29. The van der Waals surface area contributed by atoms with Crippen molar-refractivity contribution in [2.24, 2.45) is 5.41 Å². The van der Waals surface area contributed by atoms with E-state index in [1.807, 2.05) is 24.3 Å². The molecule has 0 radical (unpaired) electrons. The molecule has 0 aliphatic heterocycles. The van der Waals surface area contributed by atoms with E-state index in [-0.39, 0.29) is 0 Å². The van der Waals surface area contributed by atoms with Crippen LogP contribution in [0.1, 0.15) is 20.3 Å². The molecule has 1 aromatic rings. The van der Waals surface area contributed by atoms with E-state index in [2.05, 4.69) is 0 Å². The van der Waals surface area contributed by atoms with Crippen molar-refractivity contribution in [3.05, 3.63) is 24.3 Å². The predicted molar refractivity (Wildman–Crippen MR) is 69.8 cm³/mol. The molecule has 0 aromatic heterocycles. The molecule has 1 rings (SSSR count). The first-order valence-corrected chi connectivity index (χ1v) is 6.45. The maximum absolute atomic E-state index is 11.0. The van der Waals surface area contributed by atoms with Crippen molar-refractivity contribution in [2.45, 2.75) is 25.2 Å². The van der Waals surface area contributed by atoms with Crippen LogP contribution in [0.3, 0.4) is 0 Å². The second kappa shape index (κ2) is 5.96. The molecule has 0 spiro atoms. The van der Waals surface area contributed by atoms with E-state index < -0.39 is 11.4 Å². The van der Waals surface area contributed by atoms with Crippen LogP contribution in [-0.2, 0) is 4.79 Å². The van der Waals surface area contributed by atoms with Gasteiger partial charge in [-0.25, -0.2) is 0 Å².